The summed E-state index contributed by atoms with van der Waals surface area (Å²) in [5.41, 5.74) is 6.01. The first-order valence-corrected chi connectivity index (χ1v) is 4.21. The van der Waals surface area contributed by atoms with E-state index in [0.717, 1.165) is 12.8 Å². The minimum atomic E-state index is -0.171. The van der Waals surface area contributed by atoms with Gasteiger partial charge in [-0.25, -0.2) is 0 Å². The topological polar surface area (TPSA) is 46.2 Å². The Balaban J connectivity index is 4.00. The van der Waals surface area contributed by atoms with Crippen LogP contribution < -0.4 is 5.73 Å². The van der Waals surface area contributed by atoms with Crippen LogP contribution in [0.4, 0.5) is 0 Å². The lowest BCUT2D eigenvalue weighted by atomic mass is 9.73. The minimum absolute atomic E-state index is 0.113. The van der Waals surface area contributed by atoms with Crippen LogP contribution in [0.25, 0.3) is 0 Å². The molecule has 0 aromatic heterocycles. The molecule has 3 N–H and O–H groups in total. The highest BCUT2D eigenvalue weighted by Gasteiger charge is 2.32. The van der Waals surface area contributed by atoms with Crippen molar-refractivity contribution in [3.8, 4) is 0 Å². The van der Waals surface area contributed by atoms with E-state index < -0.39 is 0 Å². The van der Waals surface area contributed by atoms with Crippen molar-refractivity contribution >= 4 is 0 Å². The number of rotatable bonds is 3. The van der Waals surface area contributed by atoms with Crippen molar-refractivity contribution in [2.45, 2.75) is 46.1 Å². The lowest BCUT2D eigenvalue weighted by Crippen LogP contribution is -2.48. The highest BCUT2D eigenvalue weighted by Crippen LogP contribution is 2.31. The molecule has 0 bridgehead atoms. The Hall–Kier alpha value is -0.0800. The van der Waals surface area contributed by atoms with Crippen molar-refractivity contribution in [1.82, 2.24) is 0 Å². The molecule has 0 aliphatic heterocycles. The normalized spacial score (nSPS) is 18.0. The predicted octanol–water partition coefficient (Wildman–Crippen LogP) is 1.52. The van der Waals surface area contributed by atoms with Crippen molar-refractivity contribution in [3.63, 3.8) is 0 Å². The Morgan fingerprint density at radius 2 is 1.64 bits per heavy atom. The second kappa shape index (κ2) is 3.55. The number of hydrogen-bond acceptors (Lipinski definition) is 2. The van der Waals surface area contributed by atoms with Gasteiger partial charge in [-0.15, -0.1) is 0 Å². The first-order chi connectivity index (χ1) is 4.81. The van der Waals surface area contributed by atoms with Crippen molar-refractivity contribution in [1.29, 1.82) is 0 Å². The van der Waals surface area contributed by atoms with Gasteiger partial charge in [-0.1, -0.05) is 20.8 Å². The highest BCUT2D eigenvalue weighted by atomic mass is 16.2. The van der Waals surface area contributed by atoms with Gasteiger partial charge in [0.05, 0.1) is 0 Å². The summed E-state index contributed by atoms with van der Waals surface area (Å²) in [5.74, 6) is 0. The molecule has 0 aliphatic rings. The van der Waals surface area contributed by atoms with Crippen LogP contribution in [0.15, 0.2) is 0 Å². The van der Waals surface area contributed by atoms with Crippen LogP contribution in [0.5, 0.6) is 0 Å². The van der Waals surface area contributed by atoms with Gasteiger partial charge in [0.15, 0.2) is 0 Å². The summed E-state index contributed by atoms with van der Waals surface area (Å²) in [6.07, 6.45) is 1.68. The lowest BCUT2D eigenvalue weighted by molar-refractivity contribution is 0.174. The Morgan fingerprint density at radius 1 is 1.18 bits per heavy atom. The molecule has 0 aromatic rings. The summed E-state index contributed by atoms with van der Waals surface area (Å²) in [7, 11) is 0. The zero-order chi connectivity index (χ0) is 9.12. The van der Waals surface area contributed by atoms with Crippen molar-refractivity contribution in [3.05, 3.63) is 0 Å². The first-order valence-electron chi connectivity index (χ1n) is 4.21. The van der Waals surface area contributed by atoms with Crippen LogP contribution >= 0.6 is 0 Å². The fraction of sp³-hybridized carbons (Fsp3) is 1.00. The second-order valence-electron chi connectivity index (χ2n) is 4.49. The van der Waals surface area contributed by atoms with Crippen LogP contribution in [-0.2, 0) is 0 Å². The smallest absolute Gasteiger partial charge is 0.0431 e. The molecule has 1 unspecified atom stereocenters. The van der Waals surface area contributed by atoms with Crippen LogP contribution in [0.3, 0.4) is 0 Å². The maximum Gasteiger partial charge on any atom is 0.0431 e. The fourth-order valence-corrected chi connectivity index (χ4v) is 0.821. The van der Waals surface area contributed by atoms with Gasteiger partial charge >= 0.3 is 0 Å². The van der Waals surface area contributed by atoms with Gasteiger partial charge in [0.2, 0.25) is 0 Å². The van der Waals surface area contributed by atoms with Gasteiger partial charge in [0, 0.05) is 12.1 Å². The Bertz CT molecular complexity index is 113. The molecule has 2 heteroatoms. The zero-order valence-electron chi connectivity index (χ0n) is 8.15. The third-order valence-corrected chi connectivity index (χ3v) is 2.57. The Kier molecular flexibility index (Phi) is 3.52. The standard InChI is InChI=1S/C9H21NO/c1-8(2,3)9(4,10)6-5-7-11/h11H,5-7,10H2,1-4H3. The van der Waals surface area contributed by atoms with E-state index in [-0.39, 0.29) is 17.6 Å². The van der Waals surface area contributed by atoms with Crippen molar-refractivity contribution in [2.75, 3.05) is 6.61 Å². The summed E-state index contributed by atoms with van der Waals surface area (Å²) in [6, 6.07) is 0. The van der Waals surface area contributed by atoms with E-state index in [1.54, 1.807) is 0 Å². The van der Waals surface area contributed by atoms with E-state index in [0.29, 0.717) is 0 Å². The van der Waals surface area contributed by atoms with E-state index in [1.165, 1.54) is 0 Å². The Morgan fingerprint density at radius 3 is 1.91 bits per heavy atom. The number of aliphatic hydroxyl groups excluding tert-OH is 1. The zero-order valence-corrected chi connectivity index (χ0v) is 8.15. The molecule has 0 fully saturated rings. The average molecular weight is 159 g/mol. The summed E-state index contributed by atoms with van der Waals surface area (Å²) in [4.78, 5) is 0. The SMILES string of the molecule is CC(C)(C)C(C)(N)CCCO. The molecule has 2 nitrogen and oxygen atoms in total. The van der Waals surface area contributed by atoms with Crippen LogP contribution in [-0.4, -0.2) is 17.3 Å². The molecule has 0 aromatic carbocycles. The van der Waals surface area contributed by atoms with Gasteiger partial charge in [0.25, 0.3) is 0 Å². The van der Waals surface area contributed by atoms with Gasteiger partial charge < -0.3 is 10.8 Å². The first kappa shape index (κ1) is 10.9. The van der Waals surface area contributed by atoms with E-state index in [4.69, 9.17) is 10.8 Å². The molecule has 11 heavy (non-hydrogen) atoms. The molecule has 0 spiro atoms. The molecular formula is C9H21NO. The summed E-state index contributed by atoms with van der Waals surface area (Å²) in [6.45, 7) is 8.67. The molecule has 0 amide bonds. The van der Waals surface area contributed by atoms with Gasteiger partial charge in [0.1, 0.15) is 0 Å². The molecule has 1 atom stereocenters. The average Bonchev–Trinajstić information content (AvgIpc) is 1.81. The maximum absolute atomic E-state index is 8.64. The van der Waals surface area contributed by atoms with Crippen LogP contribution in [0, 0.1) is 5.41 Å². The fourth-order valence-electron chi connectivity index (χ4n) is 0.821. The van der Waals surface area contributed by atoms with Gasteiger partial charge in [-0.2, -0.15) is 0 Å². The third kappa shape index (κ3) is 3.21. The largest absolute Gasteiger partial charge is 0.396 e. The number of hydrogen-bond donors (Lipinski definition) is 2. The molecule has 68 valence electrons. The monoisotopic (exact) mass is 159 g/mol. The Labute approximate surface area is 69.8 Å². The highest BCUT2D eigenvalue weighted by molar-refractivity contribution is 4.90. The van der Waals surface area contributed by atoms with Crippen LogP contribution in [0.2, 0.25) is 0 Å². The molecular weight excluding hydrogens is 138 g/mol. The number of nitrogens with two attached hydrogens (primary N) is 1. The predicted molar refractivity (Wildman–Crippen MR) is 48.4 cm³/mol. The molecule has 0 rings (SSSR count). The molecule has 0 aliphatic carbocycles. The summed E-state index contributed by atoms with van der Waals surface area (Å²) >= 11 is 0. The van der Waals surface area contributed by atoms with E-state index in [9.17, 15) is 0 Å². The van der Waals surface area contributed by atoms with Crippen LogP contribution in [0.1, 0.15) is 40.5 Å². The molecule has 0 radical (unpaired) electrons. The molecule has 0 heterocycles. The lowest BCUT2D eigenvalue weighted by Gasteiger charge is -2.38. The van der Waals surface area contributed by atoms with Gasteiger partial charge in [-0.05, 0) is 25.2 Å². The van der Waals surface area contributed by atoms with Crippen molar-refractivity contribution < 1.29 is 5.11 Å². The van der Waals surface area contributed by atoms with E-state index in [1.807, 2.05) is 6.92 Å². The third-order valence-electron chi connectivity index (χ3n) is 2.57. The molecule has 0 saturated carbocycles. The minimum Gasteiger partial charge on any atom is -0.396 e. The molecule has 0 saturated heterocycles. The van der Waals surface area contributed by atoms with E-state index >= 15 is 0 Å². The van der Waals surface area contributed by atoms with Gasteiger partial charge in [-0.3, -0.25) is 0 Å². The summed E-state index contributed by atoms with van der Waals surface area (Å²) < 4.78 is 0. The number of aliphatic hydroxyl groups is 1. The maximum atomic E-state index is 8.64. The quantitative estimate of drug-likeness (QED) is 0.656. The summed E-state index contributed by atoms with van der Waals surface area (Å²) in [5, 5.41) is 8.64. The van der Waals surface area contributed by atoms with E-state index in [2.05, 4.69) is 20.8 Å². The van der Waals surface area contributed by atoms with Crippen molar-refractivity contribution in [2.24, 2.45) is 11.1 Å². The second-order valence-corrected chi connectivity index (χ2v) is 4.49.